The monoisotopic (exact) mass is 267 g/mol. The summed E-state index contributed by atoms with van der Waals surface area (Å²) in [7, 11) is 0. The van der Waals surface area contributed by atoms with Crippen molar-refractivity contribution in [3.63, 3.8) is 0 Å². The van der Waals surface area contributed by atoms with Gasteiger partial charge in [-0.25, -0.2) is 4.79 Å². The molecule has 1 fully saturated rings. The summed E-state index contributed by atoms with van der Waals surface area (Å²) in [5, 5.41) is 0. The number of H-pyrrole nitrogens is 1. The minimum absolute atomic E-state index is 0.154. The summed E-state index contributed by atoms with van der Waals surface area (Å²) in [6.45, 7) is 5.76. The lowest BCUT2D eigenvalue weighted by Gasteiger charge is -2.16. The van der Waals surface area contributed by atoms with Gasteiger partial charge in [0.05, 0.1) is 6.10 Å². The third-order valence-electron chi connectivity index (χ3n) is 3.59. The zero-order valence-electron chi connectivity index (χ0n) is 12.7. The van der Waals surface area contributed by atoms with Crippen LogP contribution >= 0.6 is 0 Å². The van der Waals surface area contributed by atoms with Gasteiger partial charge in [-0.3, -0.25) is 14.3 Å². The molecule has 4 atom stereocenters. The van der Waals surface area contributed by atoms with E-state index in [-0.39, 0.29) is 30.2 Å². The van der Waals surface area contributed by atoms with E-state index in [4.69, 9.17) is 6.11 Å². The maximum absolute atomic E-state index is 11.9. The van der Waals surface area contributed by atoms with Crippen molar-refractivity contribution in [2.75, 3.05) is 0 Å². The Morgan fingerprint density at radius 2 is 2.32 bits per heavy atom. The maximum atomic E-state index is 11.9. The highest BCUT2D eigenvalue weighted by molar-refractivity contribution is 5.01. The lowest BCUT2D eigenvalue weighted by Crippen LogP contribution is -2.33. The topological polar surface area (TPSA) is 64.1 Å². The number of rotatable bonds is 4. The first-order valence-electron chi connectivity index (χ1n) is 7.41. The Hall–Kier alpha value is -1.36. The summed E-state index contributed by atoms with van der Waals surface area (Å²) in [4.78, 5) is 25.6. The molecular formula is C14H22N2O3. The average molecular weight is 267 g/mol. The second-order valence-electron chi connectivity index (χ2n) is 5.27. The molecule has 19 heavy (non-hydrogen) atoms. The zero-order valence-corrected chi connectivity index (χ0v) is 11.7. The van der Waals surface area contributed by atoms with E-state index in [1.54, 1.807) is 13.1 Å². The highest BCUT2D eigenvalue weighted by atomic mass is 16.5. The highest BCUT2D eigenvalue weighted by Crippen LogP contribution is 2.34. The van der Waals surface area contributed by atoms with Crippen molar-refractivity contribution in [2.24, 2.45) is 5.92 Å². The van der Waals surface area contributed by atoms with Gasteiger partial charge in [0.25, 0.3) is 5.56 Å². The molecule has 1 N–H and O–H groups in total. The number of aromatic nitrogens is 2. The van der Waals surface area contributed by atoms with Crippen molar-refractivity contribution < 1.29 is 6.11 Å². The first kappa shape index (κ1) is 12.7. The molecule has 2 rings (SSSR count). The number of ether oxygens (including phenoxy) is 1. The fourth-order valence-electron chi connectivity index (χ4n) is 2.42. The first-order valence-corrected chi connectivity index (χ1v) is 6.83. The summed E-state index contributed by atoms with van der Waals surface area (Å²) >= 11 is 0. The molecule has 0 radical (unpaired) electrons. The number of aryl methyl sites for hydroxylation is 1. The third kappa shape index (κ3) is 2.97. The number of aromatic amines is 1. The summed E-state index contributed by atoms with van der Waals surface area (Å²) in [5.74, 6) is 0.230. The standard InChI is InChI=1S/C14H22N2O3/c1-4-5-6-11-9(2)7-12(19-11)16-8-10(3)13(17)15-14(16)18/h8-9,11-12H,4-7H2,1-3H3,(H,15,17,18)/t9-,11+,12+/m0/s1/i6D/t6-,9-,11+,12+. The fourth-order valence-corrected chi connectivity index (χ4v) is 2.42. The SMILES string of the molecule is [2H][C@@H](CCC)[C@H]1O[C@@H](n2cc(C)c(=O)[nH]c2=O)C[C@@H]1C. The molecule has 0 spiro atoms. The second-order valence-corrected chi connectivity index (χ2v) is 5.27. The number of nitrogens with one attached hydrogen (secondary N) is 1. The van der Waals surface area contributed by atoms with Crippen molar-refractivity contribution in [1.29, 1.82) is 0 Å². The van der Waals surface area contributed by atoms with Crippen LogP contribution < -0.4 is 11.2 Å². The van der Waals surface area contributed by atoms with Crippen LogP contribution in [0.2, 0.25) is 0 Å². The normalized spacial score (nSPS) is 29.2. The summed E-state index contributed by atoms with van der Waals surface area (Å²) in [6, 6.07) is 0. The predicted octanol–water partition coefficient (Wildman–Crippen LogP) is 1.96. The van der Waals surface area contributed by atoms with Gasteiger partial charge in [-0.05, 0) is 25.7 Å². The molecule has 1 saturated heterocycles. The number of hydrogen-bond acceptors (Lipinski definition) is 3. The van der Waals surface area contributed by atoms with Gasteiger partial charge in [0, 0.05) is 13.1 Å². The van der Waals surface area contributed by atoms with Crippen LogP contribution in [0.5, 0.6) is 0 Å². The van der Waals surface area contributed by atoms with Gasteiger partial charge in [0.2, 0.25) is 0 Å². The summed E-state index contributed by atoms with van der Waals surface area (Å²) in [5.41, 5.74) is -0.325. The predicted molar refractivity (Wildman–Crippen MR) is 73.3 cm³/mol. The van der Waals surface area contributed by atoms with E-state index in [1.807, 2.05) is 6.92 Å². The van der Waals surface area contributed by atoms with E-state index >= 15 is 0 Å². The summed E-state index contributed by atoms with van der Waals surface area (Å²) < 4.78 is 15.5. The second kappa shape index (κ2) is 5.74. The van der Waals surface area contributed by atoms with E-state index < -0.39 is 5.69 Å². The van der Waals surface area contributed by atoms with Crippen molar-refractivity contribution in [1.82, 2.24) is 9.55 Å². The lowest BCUT2D eigenvalue weighted by atomic mass is 9.99. The van der Waals surface area contributed by atoms with Crippen LogP contribution in [0.3, 0.4) is 0 Å². The Labute approximate surface area is 114 Å². The first-order chi connectivity index (χ1) is 9.43. The van der Waals surface area contributed by atoms with Crippen molar-refractivity contribution in [2.45, 2.75) is 58.8 Å². The quantitative estimate of drug-likeness (QED) is 0.907. The van der Waals surface area contributed by atoms with Crippen molar-refractivity contribution in [3.8, 4) is 0 Å². The Kier molecular flexibility index (Phi) is 3.82. The Morgan fingerprint density at radius 1 is 1.58 bits per heavy atom. The molecule has 1 aromatic rings. The van der Waals surface area contributed by atoms with E-state index in [0.717, 1.165) is 12.8 Å². The minimum atomic E-state index is -0.449. The Balaban J connectivity index is 2.22. The molecule has 1 aliphatic rings. The number of nitrogens with zero attached hydrogens (tertiary/aromatic N) is 1. The van der Waals surface area contributed by atoms with Crippen LogP contribution in [0.4, 0.5) is 0 Å². The van der Waals surface area contributed by atoms with Gasteiger partial charge >= 0.3 is 5.69 Å². The van der Waals surface area contributed by atoms with Crippen LogP contribution in [0.1, 0.15) is 52.7 Å². The molecule has 0 aromatic carbocycles. The molecule has 5 nitrogen and oxygen atoms in total. The number of hydrogen-bond donors (Lipinski definition) is 1. The van der Waals surface area contributed by atoms with Gasteiger partial charge in [0.1, 0.15) is 6.23 Å². The zero-order chi connectivity index (χ0) is 14.9. The molecule has 0 aliphatic carbocycles. The van der Waals surface area contributed by atoms with Crippen LogP contribution in [-0.2, 0) is 4.74 Å². The molecule has 1 aromatic heterocycles. The Morgan fingerprint density at radius 3 is 3.00 bits per heavy atom. The molecular weight excluding hydrogens is 244 g/mol. The third-order valence-corrected chi connectivity index (χ3v) is 3.59. The largest absolute Gasteiger partial charge is 0.354 e. The Bertz CT molecular complexity index is 581. The molecule has 1 aliphatic heterocycles. The molecule has 0 bridgehead atoms. The van der Waals surface area contributed by atoms with Gasteiger partial charge < -0.3 is 4.74 Å². The van der Waals surface area contributed by atoms with Crippen LogP contribution in [0.25, 0.3) is 0 Å². The highest BCUT2D eigenvalue weighted by Gasteiger charge is 2.33. The van der Waals surface area contributed by atoms with E-state index in [0.29, 0.717) is 12.0 Å². The summed E-state index contributed by atoms with van der Waals surface area (Å²) in [6.07, 6.45) is 3.17. The smallest absolute Gasteiger partial charge is 0.330 e. The van der Waals surface area contributed by atoms with Crippen molar-refractivity contribution in [3.05, 3.63) is 32.6 Å². The van der Waals surface area contributed by atoms with Gasteiger partial charge in [0.15, 0.2) is 0 Å². The lowest BCUT2D eigenvalue weighted by molar-refractivity contribution is -0.0108. The fraction of sp³-hybridized carbons (Fsp3) is 0.714. The molecule has 0 amide bonds. The van der Waals surface area contributed by atoms with Crippen LogP contribution in [0, 0.1) is 12.8 Å². The van der Waals surface area contributed by atoms with E-state index in [2.05, 4.69) is 11.9 Å². The molecule has 2 heterocycles. The van der Waals surface area contributed by atoms with Crippen LogP contribution in [-0.4, -0.2) is 15.7 Å². The molecule has 106 valence electrons. The van der Waals surface area contributed by atoms with E-state index in [9.17, 15) is 9.59 Å². The van der Waals surface area contributed by atoms with Gasteiger partial charge in [-0.1, -0.05) is 26.7 Å². The van der Waals surface area contributed by atoms with Gasteiger partial charge in [-0.2, -0.15) is 0 Å². The maximum Gasteiger partial charge on any atom is 0.330 e. The van der Waals surface area contributed by atoms with Gasteiger partial charge in [-0.15, -0.1) is 0 Å². The van der Waals surface area contributed by atoms with Crippen molar-refractivity contribution >= 4 is 0 Å². The van der Waals surface area contributed by atoms with Crippen LogP contribution in [0.15, 0.2) is 15.8 Å². The van der Waals surface area contributed by atoms with E-state index in [1.165, 1.54) is 4.57 Å². The molecule has 5 heteroatoms. The molecule has 0 unspecified atom stereocenters. The molecule has 0 saturated carbocycles. The average Bonchev–Trinajstić information content (AvgIpc) is 2.76. The minimum Gasteiger partial charge on any atom is -0.354 e.